The van der Waals surface area contributed by atoms with Gasteiger partial charge < -0.3 is 16.4 Å². The number of halogens is 1. The van der Waals surface area contributed by atoms with Crippen molar-refractivity contribution in [3.05, 3.63) is 75.2 Å². The predicted molar refractivity (Wildman–Crippen MR) is 104 cm³/mol. The Bertz CT molecular complexity index is 1250. The summed E-state index contributed by atoms with van der Waals surface area (Å²) in [4.78, 5) is 34.1. The number of nitrogen functional groups attached to an aromatic ring is 1. The molecule has 1 aliphatic heterocycles. The first-order valence-electron chi connectivity index (χ1n) is 9.12. The van der Waals surface area contributed by atoms with Crippen LogP contribution < -0.4 is 21.9 Å². The molecule has 5 rings (SSSR count). The number of aromatic nitrogens is 3. The van der Waals surface area contributed by atoms with Crippen LogP contribution in [-0.4, -0.2) is 20.4 Å². The fraction of sp³-hybridized carbons (Fsp3) is 0.200. The quantitative estimate of drug-likeness (QED) is 0.613. The highest BCUT2D eigenvalue weighted by Gasteiger charge is 2.49. The van der Waals surface area contributed by atoms with Crippen LogP contribution in [0.2, 0.25) is 0 Å². The molecule has 8 nitrogen and oxygen atoms in total. The van der Waals surface area contributed by atoms with Crippen LogP contribution in [0.25, 0.3) is 0 Å². The molecule has 1 amide bonds. The Kier molecular flexibility index (Phi) is 3.51. The third-order valence-corrected chi connectivity index (χ3v) is 5.53. The maximum absolute atomic E-state index is 14.0. The second-order valence-corrected chi connectivity index (χ2v) is 7.30. The standard InChI is InChI=1S/C20H17FN6O2/c1-10-6-14(25-16-8-15(22)23-9-24-16)19(29)27-17(10)18(28)26-20(27)5-4-11-2-3-12(21)7-13(11)20/h2-3,6-9H,4-5H2,1H3,(H,26,28)(H3,22,23,24,25). The lowest BCUT2D eigenvalue weighted by atomic mass is 10.0. The maximum Gasteiger partial charge on any atom is 0.277 e. The summed E-state index contributed by atoms with van der Waals surface area (Å²) < 4.78 is 15.5. The summed E-state index contributed by atoms with van der Waals surface area (Å²) in [5, 5.41) is 5.91. The summed E-state index contributed by atoms with van der Waals surface area (Å²) in [5.41, 5.74) is 6.83. The number of fused-ring (bicyclic) bond motifs is 4. The average Bonchev–Trinajstić information content (AvgIpc) is 3.18. The number of aryl methyl sites for hydroxylation is 2. The first kappa shape index (κ1) is 17.4. The number of hydrogen-bond donors (Lipinski definition) is 3. The normalized spacial score (nSPS) is 19.2. The number of nitrogens with two attached hydrogens (primary N) is 1. The molecular formula is C20H17FN6O2. The van der Waals surface area contributed by atoms with Gasteiger partial charge in [-0.1, -0.05) is 6.07 Å². The first-order valence-corrected chi connectivity index (χ1v) is 9.12. The fourth-order valence-electron chi connectivity index (χ4n) is 4.32. The Morgan fingerprint density at radius 1 is 1.24 bits per heavy atom. The van der Waals surface area contributed by atoms with E-state index in [0.717, 1.165) is 5.56 Å². The number of nitrogens with one attached hydrogen (secondary N) is 2. The molecule has 9 heteroatoms. The fourth-order valence-corrected chi connectivity index (χ4v) is 4.32. The Balaban J connectivity index is 1.72. The second kappa shape index (κ2) is 5.87. The highest BCUT2D eigenvalue weighted by atomic mass is 19.1. The van der Waals surface area contributed by atoms with Crippen LogP contribution in [0.5, 0.6) is 0 Å². The summed E-state index contributed by atoms with van der Waals surface area (Å²) >= 11 is 0. The highest BCUT2D eigenvalue weighted by molar-refractivity contribution is 5.97. The molecular weight excluding hydrogens is 375 g/mol. The number of anilines is 3. The lowest BCUT2D eigenvalue weighted by molar-refractivity contribution is 0.0935. The molecule has 1 spiro atoms. The minimum atomic E-state index is -1.10. The van der Waals surface area contributed by atoms with Crippen molar-refractivity contribution in [2.45, 2.75) is 25.4 Å². The number of carbonyl (C=O) groups is 1. The molecule has 1 aliphatic carbocycles. The molecule has 1 aromatic carbocycles. The van der Waals surface area contributed by atoms with Crippen LogP contribution in [0.1, 0.15) is 33.6 Å². The van der Waals surface area contributed by atoms with E-state index in [1.165, 1.54) is 29.1 Å². The molecule has 0 radical (unpaired) electrons. The minimum absolute atomic E-state index is 0.241. The van der Waals surface area contributed by atoms with E-state index in [1.54, 1.807) is 19.1 Å². The Hall–Kier alpha value is -3.75. The Morgan fingerprint density at radius 2 is 2.07 bits per heavy atom. The van der Waals surface area contributed by atoms with Gasteiger partial charge in [-0.2, -0.15) is 0 Å². The monoisotopic (exact) mass is 392 g/mol. The molecule has 3 aromatic rings. The number of pyridine rings is 1. The summed E-state index contributed by atoms with van der Waals surface area (Å²) in [7, 11) is 0. The van der Waals surface area contributed by atoms with E-state index in [1.807, 2.05) is 0 Å². The van der Waals surface area contributed by atoms with Gasteiger partial charge in [-0.15, -0.1) is 0 Å². The summed E-state index contributed by atoms with van der Waals surface area (Å²) in [6.45, 7) is 1.75. The van der Waals surface area contributed by atoms with E-state index in [0.29, 0.717) is 29.8 Å². The number of nitrogens with zero attached hydrogens (tertiary/aromatic N) is 3. The largest absolute Gasteiger partial charge is 0.384 e. The van der Waals surface area contributed by atoms with Gasteiger partial charge in [0.1, 0.15) is 40.8 Å². The SMILES string of the molecule is Cc1cc(Nc2cc(N)ncn2)c(=O)n2c1C(=O)NC21CCc2ccc(F)cc21. The lowest BCUT2D eigenvalue weighted by Crippen LogP contribution is -2.47. The molecule has 2 aromatic heterocycles. The highest BCUT2D eigenvalue weighted by Crippen LogP contribution is 2.42. The topological polar surface area (TPSA) is 115 Å². The van der Waals surface area contributed by atoms with E-state index in [9.17, 15) is 14.0 Å². The lowest BCUT2D eigenvalue weighted by Gasteiger charge is -2.28. The minimum Gasteiger partial charge on any atom is -0.384 e. The van der Waals surface area contributed by atoms with Gasteiger partial charge in [0, 0.05) is 11.6 Å². The van der Waals surface area contributed by atoms with Crippen molar-refractivity contribution in [2.75, 3.05) is 11.1 Å². The van der Waals surface area contributed by atoms with E-state index in [-0.39, 0.29) is 23.1 Å². The first-order chi connectivity index (χ1) is 13.9. The van der Waals surface area contributed by atoms with Crippen molar-refractivity contribution in [3.8, 4) is 0 Å². The maximum atomic E-state index is 14.0. The predicted octanol–water partition coefficient (Wildman–Crippen LogP) is 1.80. The van der Waals surface area contributed by atoms with Gasteiger partial charge in [-0.25, -0.2) is 14.4 Å². The molecule has 4 N–H and O–H groups in total. The smallest absolute Gasteiger partial charge is 0.277 e. The zero-order valence-corrected chi connectivity index (χ0v) is 15.5. The van der Waals surface area contributed by atoms with Crippen molar-refractivity contribution in [2.24, 2.45) is 0 Å². The van der Waals surface area contributed by atoms with E-state index < -0.39 is 17.0 Å². The molecule has 3 heterocycles. The summed E-state index contributed by atoms with van der Waals surface area (Å²) in [6, 6.07) is 7.59. The van der Waals surface area contributed by atoms with Crippen molar-refractivity contribution in [1.82, 2.24) is 19.9 Å². The average molecular weight is 392 g/mol. The van der Waals surface area contributed by atoms with Crippen LogP contribution in [0.15, 0.2) is 41.5 Å². The zero-order valence-electron chi connectivity index (χ0n) is 15.5. The Labute approximate surface area is 164 Å². The zero-order chi connectivity index (χ0) is 20.3. The van der Waals surface area contributed by atoms with Crippen LogP contribution in [0.4, 0.5) is 21.7 Å². The number of carbonyl (C=O) groups excluding carboxylic acids is 1. The number of hydrogen-bond acceptors (Lipinski definition) is 6. The van der Waals surface area contributed by atoms with Crippen LogP contribution >= 0.6 is 0 Å². The van der Waals surface area contributed by atoms with Gasteiger partial charge in [0.05, 0.1) is 0 Å². The summed E-state index contributed by atoms with van der Waals surface area (Å²) in [5.74, 6) is -0.148. The van der Waals surface area contributed by atoms with Gasteiger partial charge in [0.15, 0.2) is 0 Å². The van der Waals surface area contributed by atoms with Crippen molar-refractivity contribution in [3.63, 3.8) is 0 Å². The van der Waals surface area contributed by atoms with E-state index in [2.05, 4.69) is 20.6 Å². The van der Waals surface area contributed by atoms with Crippen molar-refractivity contribution < 1.29 is 9.18 Å². The van der Waals surface area contributed by atoms with Gasteiger partial charge in [-0.3, -0.25) is 14.2 Å². The van der Waals surface area contributed by atoms with Crippen LogP contribution in [0.3, 0.4) is 0 Å². The van der Waals surface area contributed by atoms with Crippen molar-refractivity contribution >= 4 is 23.2 Å². The number of rotatable bonds is 2. The molecule has 1 unspecified atom stereocenters. The van der Waals surface area contributed by atoms with Crippen molar-refractivity contribution in [1.29, 1.82) is 0 Å². The molecule has 0 fully saturated rings. The van der Waals surface area contributed by atoms with Gasteiger partial charge in [0.2, 0.25) is 0 Å². The van der Waals surface area contributed by atoms with E-state index in [4.69, 9.17) is 5.73 Å². The van der Waals surface area contributed by atoms with E-state index >= 15 is 0 Å². The van der Waals surface area contributed by atoms with Gasteiger partial charge >= 0.3 is 0 Å². The summed E-state index contributed by atoms with van der Waals surface area (Å²) in [6.07, 6.45) is 2.38. The molecule has 0 bridgehead atoms. The second-order valence-electron chi connectivity index (χ2n) is 7.30. The van der Waals surface area contributed by atoms with Gasteiger partial charge in [-0.05, 0) is 49.1 Å². The molecule has 0 saturated heterocycles. The molecule has 29 heavy (non-hydrogen) atoms. The van der Waals surface area contributed by atoms with Gasteiger partial charge in [0.25, 0.3) is 11.5 Å². The third kappa shape index (κ3) is 2.43. The van der Waals surface area contributed by atoms with Crippen LogP contribution in [0, 0.1) is 12.7 Å². The molecule has 1 atom stereocenters. The number of amides is 1. The molecule has 0 saturated carbocycles. The molecule has 2 aliphatic rings. The molecule has 146 valence electrons. The Morgan fingerprint density at radius 3 is 2.86 bits per heavy atom. The number of benzene rings is 1. The van der Waals surface area contributed by atoms with Crippen LogP contribution in [-0.2, 0) is 12.1 Å². The third-order valence-electron chi connectivity index (χ3n) is 5.53.